The molecule has 0 fully saturated rings. The molecule has 1 aromatic heterocycles. The molecule has 92 valence electrons. The van der Waals surface area contributed by atoms with E-state index in [0.29, 0.717) is 5.69 Å². The van der Waals surface area contributed by atoms with Gasteiger partial charge in [-0.3, -0.25) is 0 Å². The van der Waals surface area contributed by atoms with Crippen LogP contribution in [0.5, 0.6) is 0 Å². The molecule has 0 amide bonds. The molecular weight excluding hydrogens is 232 g/mol. The lowest BCUT2D eigenvalue weighted by Gasteiger charge is -2.09. The van der Waals surface area contributed by atoms with Crippen LogP contribution in [-0.2, 0) is 10.0 Å². The molecule has 0 spiro atoms. The van der Waals surface area contributed by atoms with E-state index in [1.807, 2.05) is 0 Å². The van der Waals surface area contributed by atoms with Crippen LogP contribution < -0.4 is 4.72 Å². The molecule has 0 aliphatic carbocycles. The Kier molecular flexibility index (Phi) is 4.06. The maximum Gasteiger partial charge on any atom is 0.245 e. The maximum absolute atomic E-state index is 11.9. The fraction of sp³-hybridized carbons (Fsp3) is 0.667. The second-order valence-electron chi connectivity index (χ2n) is 3.79. The lowest BCUT2D eigenvalue weighted by molar-refractivity contribution is 0.238. The number of sulfonamides is 1. The normalized spacial score (nSPS) is 14.0. The Morgan fingerprint density at radius 2 is 2.12 bits per heavy atom. The molecule has 0 radical (unpaired) electrons. The third-order valence-electron chi connectivity index (χ3n) is 2.17. The summed E-state index contributed by atoms with van der Waals surface area (Å²) >= 11 is 0. The van der Waals surface area contributed by atoms with E-state index in [1.165, 1.54) is 0 Å². The van der Waals surface area contributed by atoms with Crippen molar-refractivity contribution in [2.24, 2.45) is 5.92 Å². The van der Waals surface area contributed by atoms with Crippen molar-refractivity contribution < 1.29 is 18.0 Å². The Bertz CT molecular complexity index is 433. The molecule has 0 aromatic carbocycles. The predicted octanol–water partition coefficient (Wildman–Crippen LogP) is 0.198. The first kappa shape index (κ1) is 13.1. The van der Waals surface area contributed by atoms with Gasteiger partial charge < -0.3 is 9.63 Å². The highest BCUT2D eigenvalue weighted by atomic mass is 32.2. The number of aromatic nitrogens is 1. The monoisotopic (exact) mass is 248 g/mol. The van der Waals surface area contributed by atoms with Crippen LogP contribution >= 0.6 is 0 Å². The summed E-state index contributed by atoms with van der Waals surface area (Å²) in [5.41, 5.74) is 0.335. The van der Waals surface area contributed by atoms with Crippen molar-refractivity contribution in [2.75, 3.05) is 13.2 Å². The number of nitrogens with zero attached hydrogens (tertiary/aromatic N) is 1. The van der Waals surface area contributed by atoms with Crippen LogP contribution in [0.15, 0.2) is 9.42 Å². The number of aliphatic hydroxyl groups excluding tert-OH is 1. The van der Waals surface area contributed by atoms with Gasteiger partial charge in [-0.1, -0.05) is 12.1 Å². The van der Waals surface area contributed by atoms with E-state index in [4.69, 9.17) is 9.63 Å². The highest BCUT2D eigenvalue weighted by Gasteiger charge is 2.24. The molecule has 1 unspecified atom stereocenters. The standard InChI is InChI=1S/C9H16N2O4S/c1-6(5-12)4-10-16(13,14)9-7(2)11-15-8(9)3/h6,10,12H,4-5H2,1-3H3. The fourth-order valence-corrected chi connectivity index (χ4v) is 2.74. The van der Waals surface area contributed by atoms with Gasteiger partial charge in [-0.25, -0.2) is 13.1 Å². The quantitative estimate of drug-likeness (QED) is 0.776. The van der Waals surface area contributed by atoms with Crippen LogP contribution in [0.1, 0.15) is 18.4 Å². The summed E-state index contributed by atoms with van der Waals surface area (Å²) in [6.07, 6.45) is 0. The molecule has 0 saturated carbocycles. The topological polar surface area (TPSA) is 92.4 Å². The zero-order valence-electron chi connectivity index (χ0n) is 9.52. The van der Waals surface area contributed by atoms with Crippen LogP contribution in [0.4, 0.5) is 0 Å². The molecule has 0 aliphatic heterocycles. The molecule has 1 heterocycles. The van der Waals surface area contributed by atoms with Crippen LogP contribution in [-0.4, -0.2) is 31.8 Å². The van der Waals surface area contributed by atoms with Crippen molar-refractivity contribution in [3.63, 3.8) is 0 Å². The minimum atomic E-state index is -3.60. The molecule has 1 atom stereocenters. The summed E-state index contributed by atoms with van der Waals surface area (Å²) in [7, 11) is -3.60. The second kappa shape index (κ2) is 4.94. The van der Waals surface area contributed by atoms with Crippen LogP contribution in [0.3, 0.4) is 0 Å². The lowest BCUT2D eigenvalue weighted by Crippen LogP contribution is -2.30. The minimum Gasteiger partial charge on any atom is -0.396 e. The van der Waals surface area contributed by atoms with Gasteiger partial charge in [0.25, 0.3) is 0 Å². The minimum absolute atomic E-state index is 0.0654. The number of nitrogens with one attached hydrogen (secondary N) is 1. The van der Waals surface area contributed by atoms with Crippen LogP contribution in [0.2, 0.25) is 0 Å². The first-order valence-corrected chi connectivity index (χ1v) is 6.40. The first-order valence-electron chi connectivity index (χ1n) is 4.92. The number of hydrogen-bond acceptors (Lipinski definition) is 5. The van der Waals surface area contributed by atoms with Crippen LogP contribution in [0, 0.1) is 19.8 Å². The van der Waals surface area contributed by atoms with Gasteiger partial charge in [0.15, 0.2) is 5.76 Å². The van der Waals surface area contributed by atoms with Gasteiger partial charge >= 0.3 is 0 Å². The summed E-state index contributed by atoms with van der Waals surface area (Å²) in [4.78, 5) is 0.0811. The van der Waals surface area contributed by atoms with E-state index in [0.717, 1.165) is 0 Å². The van der Waals surface area contributed by atoms with E-state index in [2.05, 4.69) is 9.88 Å². The van der Waals surface area contributed by atoms with E-state index in [-0.39, 0.29) is 29.7 Å². The third-order valence-corrected chi connectivity index (χ3v) is 3.84. The molecule has 0 bridgehead atoms. The summed E-state index contributed by atoms with van der Waals surface area (Å²) in [5, 5.41) is 12.4. The number of aliphatic hydroxyl groups is 1. The largest absolute Gasteiger partial charge is 0.396 e. The van der Waals surface area contributed by atoms with Crippen molar-refractivity contribution >= 4 is 10.0 Å². The molecule has 7 heteroatoms. The van der Waals surface area contributed by atoms with Gasteiger partial charge in [-0.2, -0.15) is 0 Å². The van der Waals surface area contributed by atoms with Crippen molar-refractivity contribution in [1.82, 2.24) is 9.88 Å². The third kappa shape index (κ3) is 2.81. The van der Waals surface area contributed by atoms with E-state index >= 15 is 0 Å². The Labute approximate surface area is 94.7 Å². The predicted molar refractivity (Wildman–Crippen MR) is 57.4 cm³/mol. The first-order chi connectivity index (χ1) is 7.38. The second-order valence-corrected chi connectivity index (χ2v) is 5.50. The van der Waals surface area contributed by atoms with Gasteiger partial charge in [-0.05, 0) is 19.8 Å². The van der Waals surface area contributed by atoms with E-state index in [9.17, 15) is 8.42 Å². The molecule has 2 N–H and O–H groups in total. The lowest BCUT2D eigenvalue weighted by atomic mass is 10.2. The van der Waals surface area contributed by atoms with Gasteiger partial charge in [0.05, 0.1) is 0 Å². The van der Waals surface area contributed by atoms with Gasteiger partial charge in [-0.15, -0.1) is 0 Å². The van der Waals surface area contributed by atoms with Crippen molar-refractivity contribution in [3.05, 3.63) is 11.5 Å². The van der Waals surface area contributed by atoms with Gasteiger partial charge in [0.2, 0.25) is 10.0 Å². The van der Waals surface area contributed by atoms with E-state index in [1.54, 1.807) is 20.8 Å². The highest BCUT2D eigenvalue weighted by molar-refractivity contribution is 7.89. The Morgan fingerprint density at radius 3 is 2.56 bits per heavy atom. The fourth-order valence-electron chi connectivity index (χ4n) is 1.25. The van der Waals surface area contributed by atoms with Crippen LogP contribution in [0.25, 0.3) is 0 Å². The van der Waals surface area contributed by atoms with Crippen molar-refractivity contribution in [2.45, 2.75) is 25.7 Å². The molecule has 0 saturated heterocycles. The SMILES string of the molecule is Cc1noc(C)c1S(=O)(=O)NCC(C)CO. The smallest absolute Gasteiger partial charge is 0.245 e. The average molecular weight is 248 g/mol. The molecule has 0 aliphatic rings. The molecule has 1 rings (SSSR count). The number of hydrogen-bond donors (Lipinski definition) is 2. The maximum atomic E-state index is 11.9. The Morgan fingerprint density at radius 1 is 1.50 bits per heavy atom. The molecule has 6 nitrogen and oxygen atoms in total. The van der Waals surface area contributed by atoms with Gasteiger partial charge in [0, 0.05) is 13.2 Å². The van der Waals surface area contributed by atoms with Crippen molar-refractivity contribution in [3.8, 4) is 0 Å². The highest BCUT2D eigenvalue weighted by Crippen LogP contribution is 2.18. The zero-order chi connectivity index (χ0) is 12.3. The number of rotatable bonds is 5. The zero-order valence-corrected chi connectivity index (χ0v) is 10.3. The van der Waals surface area contributed by atoms with E-state index < -0.39 is 10.0 Å². The Balaban J connectivity index is 2.87. The van der Waals surface area contributed by atoms with Crippen molar-refractivity contribution in [1.29, 1.82) is 0 Å². The number of aryl methyl sites for hydroxylation is 2. The van der Waals surface area contributed by atoms with Gasteiger partial charge in [0.1, 0.15) is 10.6 Å². The summed E-state index contributed by atoms with van der Waals surface area (Å²) in [6.45, 7) is 4.98. The molecule has 1 aromatic rings. The average Bonchev–Trinajstić information content (AvgIpc) is 2.55. The summed E-state index contributed by atoms with van der Waals surface area (Å²) in [6, 6.07) is 0. The summed E-state index contributed by atoms with van der Waals surface area (Å²) < 4.78 is 30.9. The molecular formula is C9H16N2O4S. The Hall–Kier alpha value is -0.920. The molecule has 16 heavy (non-hydrogen) atoms. The summed E-state index contributed by atoms with van der Waals surface area (Å²) in [5.74, 6) is 0.136.